The van der Waals surface area contributed by atoms with E-state index in [9.17, 15) is 15.0 Å². The first-order chi connectivity index (χ1) is 10.6. The predicted molar refractivity (Wildman–Crippen MR) is 82.9 cm³/mol. The van der Waals surface area contributed by atoms with E-state index >= 15 is 0 Å². The van der Waals surface area contributed by atoms with Gasteiger partial charge in [-0.25, -0.2) is 0 Å². The Hall–Kier alpha value is -2.42. The lowest BCUT2D eigenvalue weighted by Crippen LogP contribution is -2.23. The van der Waals surface area contributed by atoms with Crippen molar-refractivity contribution in [3.63, 3.8) is 0 Å². The van der Waals surface area contributed by atoms with Crippen LogP contribution in [0.2, 0.25) is 0 Å². The summed E-state index contributed by atoms with van der Waals surface area (Å²) in [6.45, 7) is 0. The van der Waals surface area contributed by atoms with Gasteiger partial charge in [0, 0.05) is 24.4 Å². The molecule has 0 aliphatic rings. The summed E-state index contributed by atoms with van der Waals surface area (Å²) in [6.07, 6.45) is 8.18. The smallest absolute Gasteiger partial charge is 0.303 e. The van der Waals surface area contributed by atoms with E-state index < -0.39 is 18.2 Å². The fourth-order valence-corrected chi connectivity index (χ4v) is 1.60. The number of pyridine rings is 1. The molecule has 0 fully saturated rings. The lowest BCUT2D eigenvalue weighted by molar-refractivity contribution is -0.137. The van der Waals surface area contributed by atoms with Gasteiger partial charge in [-0.1, -0.05) is 30.1 Å². The zero-order valence-electron chi connectivity index (χ0n) is 12.1. The molecule has 116 valence electrons. The predicted octanol–water partition coefficient (Wildman–Crippen LogP) is 1.52. The van der Waals surface area contributed by atoms with Gasteiger partial charge in [0.1, 0.15) is 0 Å². The third-order valence-electron chi connectivity index (χ3n) is 2.76. The molecule has 0 aromatic carbocycles. The number of carboxylic acid groups (broad SMARTS) is 1. The number of carboxylic acids is 1. The largest absolute Gasteiger partial charge is 0.481 e. The molecule has 5 heteroatoms. The standard InChI is InChI=1S/C17H19NO4/c19-15(16(20)10-5-11-17(21)22)9-4-2-1-3-7-14-8-6-12-18-13-14/h1-2,4,6,8-9,12-13,15-16,19-20H,5,10-11H2,(H,21,22)/b2-1+,9-4+/t15-,16+/m1/s1. The molecule has 0 radical (unpaired) electrons. The van der Waals surface area contributed by atoms with Gasteiger partial charge in [-0.2, -0.15) is 0 Å². The van der Waals surface area contributed by atoms with Crippen molar-refractivity contribution in [3.8, 4) is 11.8 Å². The van der Waals surface area contributed by atoms with E-state index in [2.05, 4.69) is 16.8 Å². The number of hydrogen-bond acceptors (Lipinski definition) is 4. The molecule has 0 aliphatic heterocycles. The molecule has 1 aromatic rings. The van der Waals surface area contributed by atoms with E-state index in [1.807, 2.05) is 6.07 Å². The molecule has 0 bridgehead atoms. The number of aromatic nitrogens is 1. The van der Waals surface area contributed by atoms with Crippen LogP contribution in [0.25, 0.3) is 0 Å². The van der Waals surface area contributed by atoms with Crippen molar-refractivity contribution in [1.82, 2.24) is 4.98 Å². The summed E-state index contributed by atoms with van der Waals surface area (Å²) in [5.74, 6) is 4.80. The highest BCUT2D eigenvalue weighted by Crippen LogP contribution is 2.06. The third-order valence-corrected chi connectivity index (χ3v) is 2.76. The van der Waals surface area contributed by atoms with Crippen LogP contribution in [-0.4, -0.2) is 38.5 Å². The van der Waals surface area contributed by atoms with Crippen LogP contribution in [0.5, 0.6) is 0 Å². The Morgan fingerprint density at radius 1 is 1.36 bits per heavy atom. The quantitative estimate of drug-likeness (QED) is 0.525. The second-order valence-corrected chi connectivity index (χ2v) is 4.60. The molecule has 0 spiro atoms. The molecule has 2 atom stereocenters. The maximum Gasteiger partial charge on any atom is 0.303 e. The molecule has 3 N–H and O–H groups in total. The van der Waals surface area contributed by atoms with Gasteiger partial charge >= 0.3 is 5.97 Å². The number of rotatable bonds is 7. The van der Waals surface area contributed by atoms with E-state index in [1.54, 1.807) is 36.7 Å². The fourth-order valence-electron chi connectivity index (χ4n) is 1.60. The van der Waals surface area contributed by atoms with Crippen LogP contribution in [0.4, 0.5) is 0 Å². The first-order valence-corrected chi connectivity index (χ1v) is 6.92. The molecule has 1 aromatic heterocycles. The van der Waals surface area contributed by atoms with Crippen molar-refractivity contribution in [2.45, 2.75) is 31.5 Å². The number of aliphatic hydroxyl groups is 2. The Bertz CT molecular complexity index is 569. The average molecular weight is 301 g/mol. The maximum atomic E-state index is 10.3. The molecule has 0 saturated carbocycles. The number of aliphatic hydroxyl groups excluding tert-OH is 2. The molecular formula is C17H19NO4. The first-order valence-electron chi connectivity index (χ1n) is 6.92. The first kappa shape index (κ1) is 17.6. The van der Waals surface area contributed by atoms with Crippen LogP contribution in [0.1, 0.15) is 24.8 Å². The lowest BCUT2D eigenvalue weighted by Gasteiger charge is -2.13. The van der Waals surface area contributed by atoms with Gasteiger partial charge in [-0.05, 0) is 31.1 Å². The third kappa shape index (κ3) is 8.00. The highest BCUT2D eigenvalue weighted by atomic mass is 16.4. The molecular weight excluding hydrogens is 282 g/mol. The van der Waals surface area contributed by atoms with Crippen LogP contribution in [-0.2, 0) is 4.79 Å². The summed E-state index contributed by atoms with van der Waals surface area (Å²) < 4.78 is 0. The molecule has 22 heavy (non-hydrogen) atoms. The van der Waals surface area contributed by atoms with E-state index in [-0.39, 0.29) is 12.8 Å². The Morgan fingerprint density at radius 3 is 2.86 bits per heavy atom. The molecule has 0 saturated heterocycles. The van der Waals surface area contributed by atoms with Crippen molar-refractivity contribution in [3.05, 3.63) is 54.4 Å². The Morgan fingerprint density at radius 2 is 2.18 bits per heavy atom. The Balaban J connectivity index is 2.33. The number of nitrogens with zero attached hydrogens (tertiary/aromatic N) is 1. The van der Waals surface area contributed by atoms with Crippen molar-refractivity contribution in [2.75, 3.05) is 0 Å². The minimum Gasteiger partial charge on any atom is -0.481 e. The minimum atomic E-state index is -1.02. The minimum absolute atomic E-state index is 0.0165. The number of hydrogen-bond donors (Lipinski definition) is 3. The van der Waals surface area contributed by atoms with E-state index in [4.69, 9.17) is 5.11 Å². The van der Waals surface area contributed by atoms with Gasteiger partial charge in [0.2, 0.25) is 0 Å². The highest BCUT2D eigenvalue weighted by molar-refractivity contribution is 5.66. The van der Waals surface area contributed by atoms with Crippen LogP contribution < -0.4 is 0 Å². The molecule has 0 aliphatic carbocycles. The highest BCUT2D eigenvalue weighted by Gasteiger charge is 2.12. The zero-order valence-corrected chi connectivity index (χ0v) is 12.1. The molecule has 1 rings (SSSR count). The van der Waals surface area contributed by atoms with Crippen molar-refractivity contribution >= 4 is 5.97 Å². The van der Waals surface area contributed by atoms with Gasteiger partial charge in [-0.3, -0.25) is 9.78 Å². The van der Waals surface area contributed by atoms with Crippen LogP contribution in [0, 0.1) is 11.8 Å². The van der Waals surface area contributed by atoms with Crippen LogP contribution in [0.3, 0.4) is 0 Å². The summed E-state index contributed by atoms with van der Waals surface area (Å²) in [4.78, 5) is 14.3. The second kappa shape index (κ2) is 10.3. The molecule has 0 amide bonds. The summed E-state index contributed by atoms with van der Waals surface area (Å²) in [7, 11) is 0. The normalized spacial score (nSPS) is 13.7. The maximum absolute atomic E-state index is 10.3. The van der Waals surface area contributed by atoms with Gasteiger partial charge in [0.15, 0.2) is 0 Å². The Labute approximate surface area is 129 Å². The van der Waals surface area contributed by atoms with E-state index in [0.29, 0.717) is 6.42 Å². The Kier molecular flexibility index (Phi) is 8.28. The summed E-state index contributed by atoms with van der Waals surface area (Å²) in [5.41, 5.74) is 0.810. The van der Waals surface area contributed by atoms with E-state index in [1.165, 1.54) is 6.08 Å². The molecule has 1 heterocycles. The van der Waals surface area contributed by atoms with Gasteiger partial charge in [0.05, 0.1) is 12.2 Å². The van der Waals surface area contributed by atoms with Crippen LogP contribution in [0.15, 0.2) is 48.8 Å². The number of allylic oxidation sites excluding steroid dienone is 3. The fraction of sp³-hybridized carbons (Fsp3) is 0.294. The van der Waals surface area contributed by atoms with Crippen LogP contribution >= 0.6 is 0 Å². The monoisotopic (exact) mass is 301 g/mol. The number of carbonyl (C=O) groups is 1. The average Bonchev–Trinajstić information content (AvgIpc) is 2.51. The van der Waals surface area contributed by atoms with Crippen molar-refractivity contribution < 1.29 is 20.1 Å². The van der Waals surface area contributed by atoms with Gasteiger partial charge < -0.3 is 15.3 Å². The zero-order chi connectivity index (χ0) is 16.2. The lowest BCUT2D eigenvalue weighted by atomic mass is 10.1. The topological polar surface area (TPSA) is 90.7 Å². The molecule has 0 unspecified atom stereocenters. The SMILES string of the molecule is O=C(O)CCC[C@H](O)[C@H](O)/C=C/C=C/C#Cc1cccnc1. The van der Waals surface area contributed by atoms with Gasteiger partial charge in [0.25, 0.3) is 0 Å². The van der Waals surface area contributed by atoms with Crippen molar-refractivity contribution in [1.29, 1.82) is 0 Å². The summed E-state index contributed by atoms with van der Waals surface area (Å²) >= 11 is 0. The number of aliphatic carboxylic acids is 1. The molecule has 5 nitrogen and oxygen atoms in total. The van der Waals surface area contributed by atoms with Crippen molar-refractivity contribution in [2.24, 2.45) is 0 Å². The summed E-state index contributed by atoms with van der Waals surface area (Å²) in [6, 6.07) is 3.65. The van der Waals surface area contributed by atoms with E-state index in [0.717, 1.165) is 5.56 Å². The second-order valence-electron chi connectivity index (χ2n) is 4.60. The summed E-state index contributed by atoms with van der Waals surface area (Å²) in [5, 5.41) is 27.8. The van der Waals surface area contributed by atoms with Gasteiger partial charge in [-0.15, -0.1) is 0 Å².